The molecule has 15 heavy (non-hydrogen) atoms. The summed E-state index contributed by atoms with van der Waals surface area (Å²) in [5.41, 5.74) is 1.44. The van der Waals surface area contributed by atoms with E-state index in [0.29, 0.717) is 23.0 Å². The van der Waals surface area contributed by atoms with E-state index in [0.717, 1.165) is 0 Å². The predicted octanol–water partition coefficient (Wildman–Crippen LogP) is 4.12. The molecule has 0 aliphatic rings. The molecule has 2 nitrogen and oxygen atoms in total. The van der Waals surface area contributed by atoms with Crippen LogP contribution in [-0.4, -0.2) is 14.3 Å². The van der Waals surface area contributed by atoms with Crippen molar-refractivity contribution in [3.63, 3.8) is 0 Å². The zero-order valence-corrected chi connectivity index (χ0v) is 12.3. The fraction of sp³-hybridized carbons (Fsp3) is 0.917. The second-order valence-corrected chi connectivity index (χ2v) is 10.5. The maximum absolute atomic E-state index is 11.6. The maximum atomic E-state index is 11.6. The average molecular weight is 230 g/mol. The highest BCUT2D eigenvalue weighted by Gasteiger charge is 2.47. The van der Waals surface area contributed by atoms with E-state index in [9.17, 15) is 4.79 Å². The minimum Gasteiger partial charge on any atom is -0.518 e. The van der Waals surface area contributed by atoms with Gasteiger partial charge in [0.15, 0.2) is 0 Å². The van der Waals surface area contributed by atoms with Crippen molar-refractivity contribution in [1.29, 1.82) is 0 Å². The first-order valence-electron chi connectivity index (χ1n) is 6.00. The standard InChI is InChI=1S/C12H26O2Si/c1-8-12(13)14-15(9(2)3,10(4)5)11(6)7/h9-11H,8H2,1-7H3. The van der Waals surface area contributed by atoms with Gasteiger partial charge in [-0.25, -0.2) is 0 Å². The summed E-state index contributed by atoms with van der Waals surface area (Å²) < 4.78 is 5.87. The Kier molecular flexibility index (Phi) is 5.57. The monoisotopic (exact) mass is 230 g/mol. The Hall–Kier alpha value is -0.313. The molecule has 0 atom stereocenters. The molecule has 0 spiro atoms. The summed E-state index contributed by atoms with van der Waals surface area (Å²) in [6.45, 7) is 15.0. The molecule has 0 fully saturated rings. The molecule has 90 valence electrons. The Bertz CT molecular complexity index is 188. The Morgan fingerprint density at radius 2 is 1.33 bits per heavy atom. The van der Waals surface area contributed by atoms with Crippen molar-refractivity contribution in [3.05, 3.63) is 0 Å². The number of carbonyl (C=O) groups excluding carboxylic acids is 1. The van der Waals surface area contributed by atoms with Crippen molar-refractivity contribution in [2.75, 3.05) is 0 Å². The molecule has 0 N–H and O–H groups in total. The van der Waals surface area contributed by atoms with Crippen LogP contribution in [0.2, 0.25) is 16.6 Å². The van der Waals surface area contributed by atoms with E-state index < -0.39 is 8.32 Å². The molecule has 0 saturated carbocycles. The maximum Gasteiger partial charge on any atom is 0.292 e. The van der Waals surface area contributed by atoms with Crippen LogP contribution in [0.5, 0.6) is 0 Å². The molecule has 0 aromatic rings. The first kappa shape index (κ1) is 14.7. The Morgan fingerprint density at radius 1 is 1.00 bits per heavy atom. The predicted molar refractivity (Wildman–Crippen MR) is 67.4 cm³/mol. The fourth-order valence-corrected chi connectivity index (χ4v) is 7.87. The number of hydrogen-bond donors (Lipinski definition) is 0. The molecule has 3 heteroatoms. The van der Waals surface area contributed by atoms with Gasteiger partial charge in [-0.3, -0.25) is 4.79 Å². The molecule has 0 aromatic carbocycles. The van der Waals surface area contributed by atoms with Crippen LogP contribution < -0.4 is 0 Å². The third-order valence-electron chi connectivity index (χ3n) is 3.29. The van der Waals surface area contributed by atoms with Crippen LogP contribution in [0.3, 0.4) is 0 Å². The van der Waals surface area contributed by atoms with E-state index in [1.54, 1.807) is 0 Å². The summed E-state index contributed by atoms with van der Waals surface area (Å²) in [4.78, 5) is 11.6. The van der Waals surface area contributed by atoms with Gasteiger partial charge in [-0.2, -0.15) is 0 Å². The van der Waals surface area contributed by atoms with Crippen LogP contribution in [0, 0.1) is 0 Å². The van der Waals surface area contributed by atoms with Crippen LogP contribution in [-0.2, 0) is 9.22 Å². The summed E-state index contributed by atoms with van der Waals surface area (Å²) in [6, 6.07) is 0. The van der Waals surface area contributed by atoms with Crippen molar-refractivity contribution in [2.24, 2.45) is 0 Å². The van der Waals surface area contributed by atoms with E-state index in [1.807, 2.05) is 6.92 Å². The molecule has 0 radical (unpaired) electrons. The van der Waals surface area contributed by atoms with E-state index in [-0.39, 0.29) is 5.97 Å². The largest absolute Gasteiger partial charge is 0.518 e. The molecule has 0 aliphatic heterocycles. The summed E-state index contributed by atoms with van der Waals surface area (Å²) in [5.74, 6) is -0.0298. The lowest BCUT2D eigenvalue weighted by molar-refractivity contribution is -0.135. The SMILES string of the molecule is CCC(=O)O[Si](C(C)C)(C(C)C)C(C)C. The molecule has 0 amide bonds. The van der Waals surface area contributed by atoms with Gasteiger partial charge >= 0.3 is 0 Å². The van der Waals surface area contributed by atoms with Crippen molar-refractivity contribution >= 4 is 14.3 Å². The third-order valence-corrected chi connectivity index (χ3v) is 9.28. The second kappa shape index (κ2) is 5.68. The summed E-state index contributed by atoms with van der Waals surface area (Å²) in [5, 5.41) is 0. The van der Waals surface area contributed by atoms with Gasteiger partial charge in [0.2, 0.25) is 0 Å². The zero-order chi connectivity index (χ0) is 12.2. The molecule has 0 heterocycles. The lowest BCUT2D eigenvalue weighted by Gasteiger charge is -2.41. The normalized spacial score (nSPS) is 12.7. The summed E-state index contributed by atoms with van der Waals surface area (Å²) in [7, 11) is -1.96. The number of carbonyl (C=O) groups is 1. The van der Waals surface area contributed by atoms with Gasteiger partial charge in [0.05, 0.1) is 0 Å². The second-order valence-electron chi connectivity index (χ2n) is 5.15. The summed E-state index contributed by atoms with van der Waals surface area (Å²) in [6.07, 6.45) is 0.487. The zero-order valence-electron chi connectivity index (χ0n) is 11.3. The molecular formula is C12H26O2Si. The van der Waals surface area contributed by atoms with E-state index in [4.69, 9.17) is 4.43 Å². The molecular weight excluding hydrogens is 204 g/mol. The quantitative estimate of drug-likeness (QED) is 0.664. The van der Waals surface area contributed by atoms with Gasteiger partial charge in [-0.1, -0.05) is 48.5 Å². The van der Waals surface area contributed by atoms with E-state index >= 15 is 0 Å². The molecule has 0 aromatic heterocycles. The van der Waals surface area contributed by atoms with Crippen molar-refractivity contribution in [1.82, 2.24) is 0 Å². The summed E-state index contributed by atoms with van der Waals surface area (Å²) >= 11 is 0. The fourth-order valence-electron chi connectivity index (χ4n) is 2.62. The van der Waals surface area contributed by atoms with E-state index in [2.05, 4.69) is 41.5 Å². The van der Waals surface area contributed by atoms with E-state index in [1.165, 1.54) is 0 Å². The van der Waals surface area contributed by atoms with Crippen molar-refractivity contribution in [2.45, 2.75) is 71.5 Å². The molecule has 0 rings (SSSR count). The highest BCUT2D eigenvalue weighted by Crippen LogP contribution is 2.42. The van der Waals surface area contributed by atoms with Crippen LogP contribution in [0.25, 0.3) is 0 Å². The molecule has 0 unspecified atom stereocenters. The van der Waals surface area contributed by atoms with Crippen LogP contribution in [0.15, 0.2) is 0 Å². The van der Waals surface area contributed by atoms with Gasteiger partial charge in [-0.15, -0.1) is 0 Å². The van der Waals surface area contributed by atoms with Crippen LogP contribution >= 0.6 is 0 Å². The molecule has 0 saturated heterocycles. The van der Waals surface area contributed by atoms with Crippen LogP contribution in [0.4, 0.5) is 0 Å². The first-order chi connectivity index (χ1) is 6.78. The van der Waals surface area contributed by atoms with Crippen LogP contribution in [0.1, 0.15) is 54.9 Å². The van der Waals surface area contributed by atoms with Crippen molar-refractivity contribution in [3.8, 4) is 0 Å². The minimum absolute atomic E-state index is 0.0298. The lowest BCUT2D eigenvalue weighted by Crippen LogP contribution is -2.49. The topological polar surface area (TPSA) is 26.3 Å². The highest BCUT2D eigenvalue weighted by atomic mass is 28.4. The first-order valence-corrected chi connectivity index (χ1v) is 8.14. The number of rotatable bonds is 5. The average Bonchev–Trinajstić information content (AvgIpc) is 2.11. The third kappa shape index (κ3) is 3.07. The Labute approximate surface area is 95.5 Å². The Balaban J connectivity index is 5.05. The smallest absolute Gasteiger partial charge is 0.292 e. The minimum atomic E-state index is -1.96. The lowest BCUT2D eigenvalue weighted by atomic mass is 10.5. The van der Waals surface area contributed by atoms with Crippen molar-refractivity contribution < 1.29 is 9.22 Å². The van der Waals surface area contributed by atoms with Gasteiger partial charge in [0.25, 0.3) is 14.3 Å². The van der Waals surface area contributed by atoms with Gasteiger partial charge in [0, 0.05) is 6.42 Å². The van der Waals surface area contributed by atoms with Gasteiger partial charge < -0.3 is 4.43 Å². The number of hydrogen-bond acceptors (Lipinski definition) is 2. The molecule has 0 aliphatic carbocycles. The molecule has 0 bridgehead atoms. The highest BCUT2D eigenvalue weighted by molar-refractivity contribution is 6.78. The van der Waals surface area contributed by atoms with Gasteiger partial charge in [-0.05, 0) is 16.6 Å². The Morgan fingerprint density at radius 3 is 1.53 bits per heavy atom. The van der Waals surface area contributed by atoms with Gasteiger partial charge in [0.1, 0.15) is 0 Å².